The average Bonchev–Trinajstić information content (AvgIpc) is 2.36. The molecule has 9 heteroatoms. The molecule has 3 amide bonds. The summed E-state index contributed by atoms with van der Waals surface area (Å²) in [6.45, 7) is 2.44. The molecule has 9 nitrogen and oxygen atoms in total. The van der Waals surface area contributed by atoms with Crippen molar-refractivity contribution in [3.63, 3.8) is 0 Å². The Kier molecular flexibility index (Phi) is 6.03. The van der Waals surface area contributed by atoms with Crippen molar-refractivity contribution in [3.05, 3.63) is 0 Å². The van der Waals surface area contributed by atoms with E-state index in [1.807, 2.05) is 7.05 Å². The molecule has 0 aromatic rings. The quantitative estimate of drug-likeness (QED) is 0.446. The monoisotopic (exact) mass is 273 g/mol. The largest absolute Gasteiger partial charge is 0.480 e. The lowest BCUT2D eigenvalue weighted by Crippen LogP contribution is -2.55. The number of likely N-dealkylation sites (N-methyl/N-ethyl adjacent to an activating group) is 1. The maximum atomic E-state index is 11.5. The Morgan fingerprint density at radius 2 is 1.68 bits per heavy atom. The summed E-state index contributed by atoms with van der Waals surface area (Å²) < 4.78 is 0. The topological polar surface area (TPSA) is 114 Å². The highest BCUT2D eigenvalue weighted by Crippen LogP contribution is 1.94. The van der Waals surface area contributed by atoms with Crippen LogP contribution in [0, 0.1) is 0 Å². The first-order chi connectivity index (χ1) is 8.97. The first-order valence-corrected chi connectivity index (χ1v) is 5.94. The van der Waals surface area contributed by atoms with Crippen LogP contribution < -0.4 is 16.1 Å². The van der Waals surface area contributed by atoms with Gasteiger partial charge < -0.3 is 20.6 Å². The minimum absolute atomic E-state index is 0.257. The fraction of sp³-hybridized carbons (Fsp3) is 0.700. The Labute approximate surface area is 110 Å². The second-order valence-corrected chi connectivity index (χ2v) is 4.26. The van der Waals surface area contributed by atoms with Crippen molar-refractivity contribution in [2.75, 3.05) is 46.3 Å². The Bertz CT molecular complexity index is 341. The van der Waals surface area contributed by atoms with Gasteiger partial charge in [0.05, 0.1) is 6.54 Å². The predicted molar refractivity (Wildman–Crippen MR) is 66.2 cm³/mol. The number of nitrogens with one attached hydrogen (secondary N) is 3. The van der Waals surface area contributed by atoms with Crippen molar-refractivity contribution in [2.45, 2.75) is 0 Å². The van der Waals surface area contributed by atoms with Gasteiger partial charge in [0.15, 0.2) is 0 Å². The van der Waals surface area contributed by atoms with E-state index in [1.165, 1.54) is 0 Å². The molecular formula is C10H19N5O4. The molecule has 1 heterocycles. The third-order valence-electron chi connectivity index (χ3n) is 2.61. The Balaban J connectivity index is 2.13. The molecule has 1 saturated heterocycles. The summed E-state index contributed by atoms with van der Waals surface area (Å²) in [4.78, 5) is 35.0. The number of amides is 3. The lowest BCUT2D eigenvalue weighted by atomic mass is 10.4. The number of carboxylic acids is 1. The van der Waals surface area contributed by atoms with Gasteiger partial charge in [0, 0.05) is 26.2 Å². The summed E-state index contributed by atoms with van der Waals surface area (Å²) >= 11 is 0. The average molecular weight is 273 g/mol. The summed E-state index contributed by atoms with van der Waals surface area (Å²) in [7, 11) is 2.00. The standard InChI is InChI=1S/C10H19N5O4/c1-14-2-4-15(5-3-14)13-10(19)12-6-8(16)11-7-9(17)18/h2-7H2,1H3,(H,11,16)(H,17,18)(H2,12,13,19). The molecule has 19 heavy (non-hydrogen) atoms. The summed E-state index contributed by atoms with van der Waals surface area (Å²) in [6, 6.07) is -0.477. The number of hydrogen-bond acceptors (Lipinski definition) is 5. The summed E-state index contributed by atoms with van der Waals surface area (Å²) in [5.74, 6) is -1.67. The summed E-state index contributed by atoms with van der Waals surface area (Å²) in [5.41, 5.74) is 2.62. The lowest BCUT2D eigenvalue weighted by Gasteiger charge is -2.32. The van der Waals surface area contributed by atoms with E-state index >= 15 is 0 Å². The number of rotatable bonds is 5. The number of carbonyl (C=O) groups is 3. The van der Waals surface area contributed by atoms with Crippen LogP contribution in [-0.2, 0) is 9.59 Å². The van der Waals surface area contributed by atoms with Gasteiger partial charge in [0.25, 0.3) is 0 Å². The van der Waals surface area contributed by atoms with Gasteiger partial charge in [-0.1, -0.05) is 0 Å². The van der Waals surface area contributed by atoms with Crippen LogP contribution in [0.4, 0.5) is 4.79 Å². The zero-order valence-electron chi connectivity index (χ0n) is 10.8. The van der Waals surface area contributed by atoms with Crippen LogP contribution in [0.25, 0.3) is 0 Å². The van der Waals surface area contributed by atoms with Crippen LogP contribution >= 0.6 is 0 Å². The van der Waals surface area contributed by atoms with Crippen LogP contribution in [0.15, 0.2) is 0 Å². The first kappa shape index (κ1) is 15.2. The maximum Gasteiger partial charge on any atom is 0.329 e. The van der Waals surface area contributed by atoms with Crippen molar-refractivity contribution in [2.24, 2.45) is 0 Å². The predicted octanol–water partition coefficient (Wildman–Crippen LogP) is -2.35. The summed E-state index contributed by atoms with van der Waals surface area (Å²) in [5, 5.41) is 14.6. The molecule has 1 aliphatic heterocycles. The number of nitrogens with zero attached hydrogens (tertiary/aromatic N) is 2. The third-order valence-corrected chi connectivity index (χ3v) is 2.61. The van der Waals surface area contributed by atoms with Crippen molar-refractivity contribution in [1.29, 1.82) is 0 Å². The minimum atomic E-state index is -1.13. The molecule has 0 aliphatic carbocycles. The first-order valence-electron chi connectivity index (χ1n) is 5.94. The van der Waals surface area contributed by atoms with Gasteiger partial charge in [-0.3, -0.25) is 15.0 Å². The molecule has 0 atom stereocenters. The van der Waals surface area contributed by atoms with Gasteiger partial charge in [0.1, 0.15) is 6.54 Å². The van der Waals surface area contributed by atoms with Crippen LogP contribution in [-0.4, -0.2) is 79.2 Å². The second-order valence-electron chi connectivity index (χ2n) is 4.26. The highest BCUT2D eigenvalue weighted by molar-refractivity contribution is 5.85. The summed E-state index contributed by atoms with van der Waals surface area (Å²) in [6.07, 6.45) is 0. The molecule has 0 spiro atoms. The van der Waals surface area contributed by atoms with E-state index in [2.05, 4.69) is 21.0 Å². The maximum absolute atomic E-state index is 11.5. The van der Waals surface area contributed by atoms with Gasteiger partial charge in [0.2, 0.25) is 5.91 Å². The van der Waals surface area contributed by atoms with Gasteiger partial charge in [-0.15, -0.1) is 0 Å². The molecule has 0 radical (unpaired) electrons. The molecule has 1 rings (SSSR count). The van der Waals surface area contributed by atoms with E-state index < -0.39 is 24.5 Å². The van der Waals surface area contributed by atoms with E-state index in [9.17, 15) is 14.4 Å². The Morgan fingerprint density at radius 1 is 1.05 bits per heavy atom. The van der Waals surface area contributed by atoms with Crippen molar-refractivity contribution < 1.29 is 19.5 Å². The third kappa shape index (κ3) is 6.58. The zero-order chi connectivity index (χ0) is 14.3. The molecular weight excluding hydrogens is 254 g/mol. The fourth-order valence-corrected chi connectivity index (χ4v) is 1.50. The van der Waals surface area contributed by atoms with Crippen LogP contribution in [0.2, 0.25) is 0 Å². The molecule has 1 fully saturated rings. The van der Waals surface area contributed by atoms with Gasteiger partial charge in [-0.2, -0.15) is 0 Å². The molecule has 0 bridgehead atoms. The molecule has 4 N–H and O–H groups in total. The molecule has 0 aromatic heterocycles. The SMILES string of the molecule is CN1CCN(NC(=O)NCC(=O)NCC(=O)O)CC1. The lowest BCUT2D eigenvalue weighted by molar-refractivity contribution is -0.137. The van der Waals surface area contributed by atoms with E-state index in [0.717, 1.165) is 26.2 Å². The van der Waals surface area contributed by atoms with Crippen molar-refractivity contribution >= 4 is 17.9 Å². The molecule has 1 aliphatic rings. The van der Waals surface area contributed by atoms with Gasteiger partial charge in [-0.05, 0) is 7.05 Å². The van der Waals surface area contributed by atoms with Crippen LogP contribution in [0.5, 0.6) is 0 Å². The van der Waals surface area contributed by atoms with E-state index in [-0.39, 0.29) is 6.54 Å². The number of aliphatic carboxylic acids is 1. The number of urea groups is 1. The number of hydrogen-bond donors (Lipinski definition) is 4. The highest BCUT2D eigenvalue weighted by Gasteiger charge is 2.15. The number of carboxylic acid groups (broad SMARTS) is 1. The smallest absolute Gasteiger partial charge is 0.329 e. The normalized spacial score (nSPS) is 16.7. The van der Waals surface area contributed by atoms with Crippen molar-refractivity contribution in [1.82, 2.24) is 26.0 Å². The van der Waals surface area contributed by atoms with Gasteiger partial charge in [-0.25, -0.2) is 9.80 Å². The molecule has 0 aromatic carbocycles. The van der Waals surface area contributed by atoms with Gasteiger partial charge >= 0.3 is 12.0 Å². The Morgan fingerprint density at radius 3 is 2.26 bits per heavy atom. The van der Waals surface area contributed by atoms with E-state index in [0.29, 0.717) is 0 Å². The number of hydrazine groups is 1. The van der Waals surface area contributed by atoms with Crippen LogP contribution in [0.3, 0.4) is 0 Å². The molecule has 0 unspecified atom stereocenters. The van der Waals surface area contributed by atoms with Crippen LogP contribution in [0.1, 0.15) is 0 Å². The second kappa shape index (κ2) is 7.54. The van der Waals surface area contributed by atoms with Crippen molar-refractivity contribution in [3.8, 4) is 0 Å². The molecule has 0 saturated carbocycles. The van der Waals surface area contributed by atoms with E-state index in [4.69, 9.17) is 5.11 Å². The number of carbonyl (C=O) groups excluding carboxylic acids is 2. The Hall–Kier alpha value is -1.87. The highest BCUT2D eigenvalue weighted by atomic mass is 16.4. The van der Waals surface area contributed by atoms with E-state index in [1.54, 1.807) is 5.01 Å². The molecule has 108 valence electrons. The zero-order valence-corrected chi connectivity index (χ0v) is 10.8. The minimum Gasteiger partial charge on any atom is -0.480 e. The fourth-order valence-electron chi connectivity index (χ4n) is 1.50. The number of piperazine rings is 1.